The SMILES string of the molecule is COc1ccc2cc(/C(C)=N/NC(=O)CNc3ccc(C)cc3)ccc2c1. The minimum atomic E-state index is -0.194. The van der Waals surface area contributed by atoms with Gasteiger partial charge in [0, 0.05) is 5.69 Å². The number of ether oxygens (including phenoxy) is 1. The van der Waals surface area contributed by atoms with E-state index in [1.807, 2.05) is 74.5 Å². The van der Waals surface area contributed by atoms with E-state index in [1.165, 1.54) is 5.56 Å². The van der Waals surface area contributed by atoms with Crippen LogP contribution in [-0.2, 0) is 4.79 Å². The van der Waals surface area contributed by atoms with Gasteiger partial charge in [-0.1, -0.05) is 35.9 Å². The number of rotatable bonds is 6. The normalized spacial score (nSPS) is 11.3. The highest BCUT2D eigenvalue weighted by Crippen LogP contribution is 2.22. The Balaban J connectivity index is 1.61. The van der Waals surface area contributed by atoms with Crippen molar-refractivity contribution in [1.29, 1.82) is 0 Å². The quantitative estimate of drug-likeness (QED) is 0.513. The summed E-state index contributed by atoms with van der Waals surface area (Å²) in [5, 5.41) is 9.48. The van der Waals surface area contributed by atoms with Crippen molar-refractivity contribution in [2.45, 2.75) is 13.8 Å². The summed E-state index contributed by atoms with van der Waals surface area (Å²) in [6.45, 7) is 4.06. The van der Waals surface area contributed by atoms with Crippen LogP contribution < -0.4 is 15.5 Å². The number of carbonyl (C=O) groups excluding carboxylic acids is 1. The molecule has 2 N–H and O–H groups in total. The first-order valence-electron chi connectivity index (χ1n) is 8.77. The van der Waals surface area contributed by atoms with E-state index in [-0.39, 0.29) is 12.5 Å². The van der Waals surface area contributed by atoms with Gasteiger partial charge in [-0.3, -0.25) is 4.79 Å². The molecule has 0 aliphatic carbocycles. The number of carbonyl (C=O) groups is 1. The molecule has 138 valence electrons. The number of hydrogen-bond acceptors (Lipinski definition) is 4. The Hall–Kier alpha value is -3.34. The summed E-state index contributed by atoms with van der Waals surface area (Å²) < 4.78 is 5.25. The van der Waals surface area contributed by atoms with Crippen molar-refractivity contribution >= 4 is 28.1 Å². The van der Waals surface area contributed by atoms with Crippen LogP contribution in [0.15, 0.2) is 65.8 Å². The second-order valence-electron chi connectivity index (χ2n) is 6.38. The molecule has 0 radical (unpaired) electrons. The Labute approximate surface area is 159 Å². The standard InChI is InChI=1S/C22H23N3O2/c1-15-4-9-20(10-5-15)23-14-22(26)25-24-16(2)17-6-7-19-13-21(27-3)11-8-18(19)12-17/h4-13,23H,14H2,1-3H3,(H,25,26)/b24-16+. The van der Waals surface area contributed by atoms with Crippen LogP contribution in [0, 0.1) is 6.92 Å². The molecule has 0 aliphatic heterocycles. The maximum atomic E-state index is 12.0. The lowest BCUT2D eigenvalue weighted by atomic mass is 10.0. The van der Waals surface area contributed by atoms with Crippen LogP contribution in [0.2, 0.25) is 0 Å². The van der Waals surface area contributed by atoms with Crippen molar-refractivity contribution in [3.63, 3.8) is 0 Å². The van der Waals surface area contributed by atoms with Crippen molar-refractivity contribution in [1.82, 2.24) is 5.43 Å². The molecule has 27 heavy (non-hydrogen) atoms. The molecule has 5 nitrogen and oxygen atoms in total. The van der Waals surface area contributed by atoms with Crippen molar-refractivity contribution < 1.29 is 9.53 Å². The molecule has 3 aromatic rings. The summed E-state index contributed by atoms with van der Waals surface area (Å²) in [5.74, 6) is 0.634. The minimum absolute atomic E-state index is 0.164. The highest BCUT2D eigenvalue weighted by Gasteiger charge is 2.04. The van der Waals surface area contributed by atoms with Gasteiger partial charge in [-0.15, -0.1) is 0 Å². The lowest BCUT2D eigenvalue weighted by molar-refractivity contribution is -0.119. The van der Waals surface area contributed by atoms with Crippen LogP contribution in [-0.4, -0.2) is 25.3 Å². The van der Waals surface area contributed by atoms with Gasteiger partial charge in [-0.05, 0) is 60.5 Å². The fourth-order valence-electron chi connectivity index (χ4n) is 2.68. The van der Waals surface area contributed by atoms with E-state index >= 15 is 0 Å². The molecule has 0 bridgehead atoms. The first-order valence-corrected chi connectivity index (χ1v) is 8.77. The van der Waals surface area contributed by atoms with Gasteiger partial charge in [0.15, 0.2) is 0 Å². The molecule has 0 spiro atoms. The third-order valence-electron chi connectivity index (χ3n) is 4.32. The summed E-state index contributed by atoms with van der Waals surface area (Å²) >= 11 is 0. The number of amides is 1. The lowest BCUT2D eigenvalue weighted by Gasteiger charge is -2.07. The van der Waals surface area contributed by atoms with Gasteiger partial charge < -0.3 is 10.1 Å². The zero-order valence-electron chi connectivity index (χ0n) is 15.7. The summed E-state index contributed by atoms with van der Waals surface area (Å²) in [5.41, 5.74) is 6.38. The van der Waals surface area contributed by atoms with E-state index in [0.717, 1.165) is 33.5 Å². The van der Waals surface area contributed by atoms with Crippen molar-refractivity contribution in [2.24, 2.45) is 5.10 Å². The summed E-state index contributed by atoms with van der Waals surface area (Å²) in [6, 6.07) is 19.9. The Morgan fingerprint density at radius 2 is 1.70 bits per heavy atom. The maximum absolute atomic E-state index is 12.0. The second kappa shape index (κ2) is 8.36. The average Bonchev–Trinajstić information content (AvgIpc) is 2.70. The van der Waals surface area contributed by atoms with Gasteiger partial charge in [0.1, 0.15) is 5.75 Å². The van der Waals surface area contributed by atoms with Crippen molar-refractivity contribution in [3.05, 3.63) is 71.8 Å². The molecule has 3 aromatic carbocycles. The number of methoxy groups -OCH3 is 1. The molecule has 0 aromatic heterocycles. The fourth-order valence-corrected chi connectivity index (χ4v) is 2.68. The molecule has 0 heterocycles. The number of fused-ring (bicyclic) bond motifs is 1. The van der Waals surface area contributed by atoms with E-state index in [1.54, 1.807) is 7.11 Å². The second-order valence-corrected chi connectivity index (χ2v) is 6.38. The van der Waals surface area contributed by atoms with Crippen LogP contribution in [0.25, 0.3) is 10.8 Å². The number of hydrazone groups is 1. The Morgan fingerprint density at radius 1 is 1.00 bits per heavy atom. The van der Waals surface area contributed by atoms with Crippen molar-refractivity contribution in [3.8, 4) is 5.75 Å². The highest BCUT2D eigenvalue weighted by molar-refractivity contribution is 6.02. The fraction of sp³-hybridized carbons (Fsp3) is 0.182. The number of anilines is 1. The Bertz CT molecular complexity index is 979. The monoisotopic (exact) mass is 361 g/mol. The summed E-state index contributed by atoms with van der Waals surface area (Å²) in [7, 11) is 1.66. The van der Waals surface area contributed by atoms with E-state index in [2.05, 4.69) is 15.8 Å². The first-order chi connectivity index (χ1) is 13.0. The average molecular weight is 361 g/mol. The van der Waals surface area contributed by atoms with E-state index in [9.17, 15) is 4.79 Å². The molecule has 0 saturated carbocycles. The molecule has 0 aliphatic rings. The maximum Gasteiger partial charge on any atom is 0.259 e. The molecule has 1 amide bonds. The number of hydrogen-bond donors (Lipinski definition) is 2. The zero-order chi connectivity index (χ0) is 19.2. The van der Waals surface area contributed by atoms with E-state index in [0.29, 0.717) is 0 Å². The number of aryl methyl sites for hydroxylation is 1. The van der Waals surface area contributed by atoms with Gasteiger partial charge >= 0.3 is 0 Å². The van der Waals surface area contributed by atoms with Crippen LogP contribution in [0.3, 0.4) is 0 Å². The van der Waals surface area contributed by atoms with E-state index in [4.69, 9.17) is 4.74 Å². The molecular weight excluding hydrogens is 338 g/mol. The molecule has 0 fully saturated rings. The highest BCUT2D eigenvalue weighted by atomic mass is 16.5. The molecule has 3 rings (SSSR count). The van der Waals surface area contributed by atoms with Crippen LogP contribution >= 0.6 is 0 Å². The summed E-state index contributed by atoms with van der Waals surface area (Å²) in [4.78, 5) is 12.0. The topological polar surface area (TPSA) is 62.7 Å². The van der Waals surface area contributed by atoms with Crippen LogP contribution in [0.5, 0.6) is 5.75 Å². The lowest BCUT2D eigenvalue weighted by Crippen LogP contribution is -2.26. The third-order valence-corrected chi connectivity index (χ3v) is 4.32. The minimum Gasteiger partial charge on any atom is -0.497 e. The van der Waals surface area contributed by atoms with E-state index < -0.39 is 0 Å². The zero-order valence-corrected chi connectivity index (χ0v) is 15.7. The van der Waals surface area contributed by atoms with Gasteiger partial charge in [0.05, 0.1) is 19.4 Å². The third kappa shape index (κ3) is 4.85. The largest absolute Gasteiger partial charge is 0.497 e. The molecule has 0 unspecified atom stereocenters. The number of nitrogens with zero attached hydrogens (tertiary/aromatic N) is 1. The van der Waals surface area contributed by atoms with Crippen molar-refractivity contribution in [2.75, 3.05) is 19.0 Å². The predicted molar refractivity (Wildman–Crippen MR) is 111 cm³/mol. The molecule has 0 saturated heterocycles. The smallest absolute Gasteiger partial charge is 0.259 e. The van der Waals surface area contributed by atoms with Crippen LogP contribution in [0.4, 0.5) is 5.69 Å². The van der Waals surface area contributed by atoms with Gasteiger partial charge in [0.25, 0.3) is 5.91 Å². The Morgan fingerprint density at radius 3 is 2.44 bits per heavy atom. The first kappa shape index (κ1) is 18.5. The molecule has 5 heteroatoms. The van der Waals surface area contributed by atoms with Gasteiger partial charge in [-0.25, -0.2) is 5.43 Å². The molecule has 0 atom stereocenters. The number of benzene rings is 3. The molecular formula is C22H23N3O2. The van der Waals surface area contributed by atoms with Gasteiger partial charge in [0.2, 0.25) is 0 Å². The van der Waals surface area contributed by atoms with Crippen LogP contribution in [0.1, 0.15) is 18.1 Å². The Kier molecular flexibility index (Phi) is 5.71. The predicted octanol–water partition coefficient (Wildman–Crippen LogP) is 4.11. The number of nitrogens with one attached hydrogen (secondary N) is 2. The summed E-state index contributed by atoms with van der Waals surface area (Å²) in [6.07, 6.45) is 0. The van der Waals surface area contributed by atoms with Gasteiger partial charge in [-0.2, -0.15) is 5.10 Å².